The first-order valence-corrected chi connectivity index (χ1v) is 11.4. The summed E-state index contributed by atoms with van der Waals surface area (Å²) in [6.45, 7) is 7.63. The lowest BCUT2D eigenvalue weighted by Crippen LogP contribution is -2.39. The van der Waals surface area contributed by atoms with Gasteiger partial charge in [0.2, 0.25) is 0 Å². The zero-order valence-corrected chi connectivity index (χ0v) is 19.3. The van der Waals surface area contributed by atoms with E-state index in [4.69, 9.17) is 14.2 Å². The molecule has 0 atom stereocenters. The summed E-state index contributed by atoms with van der Waals surface area (Å²) in [5.74, 6) is 0.722. The Morgan fingerprint density at radius 3 is 2.31 bits per heavy atom. The van der Waals surface area contributed by atoms with Crippen LogP contribution in [0.25, 0.3) is 5.57 Å². The number of anilines is 2. The molecule has 1 aliphatic rings. The van der Waals surface area contributed by atoms with E-state index in [0.717, 1.165) is 4.31 Å². The van der Waals surface area contributed by atoms with Gasteiger partial charge in [0.25, 0.3) is 15.9 Å². The number of rotatable bonds is 8. The Balaban J connectivity index is 2.11. The molecule has 0 unspecified atom stereocenters. The van der Waals surface area contributed by atoms with E-state index >= 15 is 0 Å². The van der Waals surface area contributed by atoms with Crippen LogP contribution in [-0.2, 0) is 14.8 Å². The second-order valence-electron chi connectivity index (χ2n) is 6.91. The first-order chi connectivity index (χ1) is 15.3. The molecule has 0 saturated heterocycles. The largest absolute Gasteiger partial charge is 0.494 e. The lowest BCUT2D eigenvalue weighted by Gasteiger charge is -2.32. The van der Waals surface area contributed by atoms with Crippen LogP contribution >= 0.6 is 0 Å². The van der Waals surface area contributed by atoms with E-state index in [1.807, 2.05) is 6.92 Å². The number of amides is 1. The van der Waals surface area contributed by atoms with E-state index in [2.05, 4.69) is 11.9 Å². The van der Waals surface area contributed by atoms with Gasteiger partial charge >= 0.3 is 0 Å². The topological polar surface area (TPSA) is 94.2 Å². The minimum Gasteiger partial charge on any atom is -0.494 e. The van der Waals surface area contributed by atoms with Gasteiger partial charge in [0, 0.05) is 17.3 Å². The van der Waals surface area contributed by atoms with Gasteiger partial charge in [-0.2, -0.15) is 0 Å². The van der Waals surface area contributed by atoms with E-state index < -0.39 is 15.9 Å². The van der Waals surface area contributed by atoms with Gasteiger partial charge in [-0.15, -0.1) is 6.58 Å². The molecular weight excluding hydrogens is 432 g/mol. The molecule has 170 valence electrons. The monoisotopic (exact) mass is 458 g/mol. The molecule has 0 spiro atoms. The maximum Gasteiger partial charge on any atom is 0.270 e. The molecule has 1 aliphatic heterocycles. The second-order valence-corrected chi connectivity index (χ2v) is 8.71. The summed E-state index contributed by atoms with van der Waals surface area (Å²) in [5.41, 5.74) is 1.70. The number of carbonyl (C=O) groups excluding carboxylic acids is 1. The van der Waals surface area contributed by atoms with Crippen molar-refractivity contribution in [3.8, 4) is 17.2 Å². The number of fused-ring (bicyclic) bond motifs is 1. The number of nitrogens with one attached hydrogen (secondary N) is 1. The Bertz CT molecular complexity index is 1170. The fourth-order valence-electron chi connectivity index (χ4n) is 3.52. The molecule has 2 aromatic carbocycles. The normalized spacial score (nSPS) is 14.4. The van der Waals surface area contributed by atoms with Crippen molar-refractivity contribution in [2.45, 2.75) is 13.8 Å². The van der Waals surface area contributed by atoms with Crippen molar-refractivity contribution in [1.82, 2.24) is 0 Å². The van der Waals surface area contributed by atoms with Crippen LogP contribution in [0.15, 0.2) is 54.0 Å². The Hall–Kier alpha value is -3.46. The van der Waals surface area contributed by atoms with E-state index in [1.54, 1.807) is 43.3 Å². The Kier molecular flexibility index (Phi) is 6.78. The highest BCUT2D eigenvalue weighted by atomic mass is 32.2. The number of nitrogens with zero attached hydrogens (tertiary/aromatic N) is 1. The summed E-state index contributed by atoms with van der Waals surface area (Å²) >= 11 is 0. The molecule has 0 bridgehead atoms. The van der Waals surface area contributed by atoms with Crippen LogP contribution in [0.1, 0.15) is 19.4 Å². The standard InChI is InChI=1S/C23H26N2O6S/c1-6-12-25-19-14-21(30-5)20(29-4)13-18(19)15(3)22(32(25,27)28)23(26)24-16-8-10-17(11-9-16)31-7-2/h6,8-11,13-14H,1,7,12H2,2-5H3,(H,24,26). The number of sulfonamides is 1. The van der Waals surface area contributed by atoms with Gasteiger partial charge in [-0.05, 0) is 49.8 Å². The van der Waals surface area contributed by atoms with Crippen molar-refractivity contribution in [2.75, 3.05) is 37.0 Å². The summed E-state index contributed by atoms with van der Waals surface area (Å²) in [6, 6.07) is 9.95. The number of ether oxygens (including phenoxy) is 3. The molecule has 0 radical (unpaired) electrons. The maximum absolute atomic E-state index is 13.5. The highest BCUT2D eigenvalue weighted by Crippen LogP contribution is 2.45. The zero-order valence-electron chi connectivity index (χ0n) is 18.5. The van der Waals surface area contributed by atoms with Crippen LogP contribution in [-0.4, -0.2) is 41.7 Å². The fraction of sp³-hybridized carbons (Fsp3) is 0.261. The quantitative estimate of drug-likeness (QED) is 0.605. The lowest BCUT2D eigenvalue weighted by atomic mass is 10.0. The number of allylic oxidation sites excluding steroid dienone is 1. The van der Waals surface area contributed by atoms with Crippen molar-refractivity contribution in [1.29, 1.82) is 0 Å². The van der Waals surface area contributed by atoms with Crippen molar-refractivity contribution in [3.63, 3.8) is 0 Å². The average Bonchev–Trinajstić information content (AvgIpc) is 2.77. The van der Waals surface area contributed by atoms with E-state index in [1.165, 1.54) is 20.3 Å². The predicted octanol–water partition coefficient (Wildman–Crippen LogP) is 3.81. The molecular formula is C23H26N2O6S. The second kappa shape index (κ2) is 9.35. The third-order valence-corrected chi connectivity index (χ3v) is 6.92. The lowest BCUT2D eigenvalue weighted by molar-refractivity contribution is -0.112. The fourth-order valence-corrected chi connectivity index (χ4v) is 5.23. The van der Waals surface area contributed by atoms with Crippen LogP contribution in [0.2, 0.25) is 0 Å². The average molecular weight is 459 g/mol. The Labute approximate surface area is 188 Å². The third kappa shape index (κ3) is 4.16. The van der Waals surface area contributed by atoms with Gasteiger partial charge in [0.05, 0.1) is 33.1 Å². The number of hydrogen-bond acceptors (Lipinski definition) is 6. The van der Waals surface area contributed by atoms with Crippen LogP contribution in [0.3, 0.4) is 0 Å². The summed E-state index contributed by atoms with van der Waals surface area (Å²) in [6.07, 6.45) is 1.46. The Morgan fingerprint density at radius 2 is 1.75 bits per heavy atom. The van der Waals surface area contributed by atoms with Crippen molar-refractivity contribution < 1.29 is 27.4 Å². The first-order valence-electron chi connectivity index (χ1n) is 9.93. The van der Waals surface area contributed by atoms with Crippen molar-refractivity contribution >= 4 is 32.9 Å². The molecule has 0 aliphatic carbocycles. The number of benzene rings is 2. The molecule has 9 heteroatoms. The molecule has 1 amide bonds. The van der Waals surface area contributed by atoms with Crippen molar-refractivity contribution in [2.24, 2.45) is 0 Å². The van der Waals surface area contributed by atoms with Gasteiger partial charge in [-0.25, -0.2) is 8.42 Å². The first kappa shape index (κ1) is 23.2. The van der Waals surface area contributed by atoms with Gasteiger partial charge in [0.15, 0.2) is 16.4 Å². The van der Waals surface area contributed by atoms with Crippen LogP contribution in [0, 0.1) is 0 Å². The van der Waals surface area contributed by atoms with Crippen LogP contribution in [0.5, 0.6) is 17.2 Å². The molecule has 2 aromatic rings. The summed E-state index contributed by atoms with van der Waals surface area (Å²) in [7, 11) is -1.20. The molecule has 1 N–H and O–H groups in total. The molecule has 0 aromatic heterocycles. The smallest absolute Gasteiger partial charge is 0.270 e. The van der Waals surface area contributed by atoms with Gasteiger partial charge in [-0.3, -0.25) is 9.10 Å². The van der Waals surface area contributed by atoms with E-state index in [0.29, 0.717) is 46.4 Å². The molecule has 3 rings (SSSR count). The van der Waals surface area contributed by atoms with Gasteiger partial charge < -0.3 is 19.5 Å². The number of carbonyl (C=O) groups is 1. The minimum atomic E-state index is -4.16. The van der Waals surface area contributed by atoms with E-state index in [9.17, 15) is 13.2 Å². The predicted molar refractivity (Wildman–Crippen MR) is 125 cm³/mol. The van der Waals surface area contributed by atoms with Gasteiger partial charge in [0.1, 0.15) is 5.75 Å². The highest BCUT2D eigenvalue weighted by molar-refractivity contribution is 7.97. The van der Waals surface area contributed by atoms with Crippen LogP contribution < -0.4 is 23.8 Å². The van der Waals surface area contributed by atoms with E-state index in [-0.39, 0.29) is 11.4 Å². The minimum absolute atomic E-state index is 0.0159. The molecule has 0 saturated carbocycles. The summed E-state index contributed by atoms with van der Waals surface area (Å²) < 4.78 is 44.2. The third-order valence-electron chi connectivity index (χ3n) is 4.99. The highest BCUT2D eigenvalue weighted by Gasteiger charge is 2.40. The molecule has 1 heterocycles. The Morgan fingerprint density at radius 1 is 1.12 bits per heavy atom. The molecule has 32 heavy (non-hydrogen) atoms. The molecule has 0 fully saturated rings. The summed E-state index contributed by atoms with van der Waals surface area (Å²) in [5, 5.41) is 2.67. The molecule has 8 nitrogen and oxygen atoms in total. The SMILES string of the molecule is C=CCN1c2cc(OC)c(OC)cc2C(C)=C(C(=O)Nc2ccc(OCC)cc2)S1(=O)=O. The number of methoxy groups -OCH3 is 2. The zero-order chi connectivity index (χ0) is 23.5. The summed E-state index contributed by atoms with van der Waals surface area (Å²) in [4.78, 5) is 12.8. The maximum atomic E-state index is 13.5. The van der Waals surface area contributed by atoms with Crippen LogP contribution in [0.4, 0.5) is 11.4 Å². The van der Waals surface area contributed by atoms with Crippen molar-refractivity contribution in [3.05, 3.63) is 59.5 Å². The number of hydrogen-bond donors (Lipinski definition) is 1. The van der Waals surface area contributed by atoms with Gasteiger partial charge in [-0.1, -0.05) is 6.08 Å².